The third kappa shape index (κ3) is 4.14. The summed E-state index contributed by atoms with van der Waals surface area (Å²) in [6, 6.07) is 18.9. The number of H-pyrrole nitrogens is 2. The fourth-order valence-electron chi connectivity index (χ4n) is 3.13. The highest BCUT2D eigenvalue weighted by Gasteiger charge is 2.19. The first-order valence-corrected chi connectivity index (χ1v) is 9.09. The second kappa shape index (κ2) is 7.93. The summed E-state index contributed by atoms with van der Waals surface area (Å²) < 4.78 is 0. The van der Waals surface area contributed by atoms with E-state index in [0.717, 1.165) is 16.5 Å². The van der Waals surface area contributed by atoms with Crippen molar-refractivity contribution in [1.82, 2.24) is 19.9 Å². The Kier molecular flexibility index (Phi) is 5.03. The number of nitrogens with one attached hydrogen (secondary N) is 2. The van der Waals surface area contributed by atoms with Crippen molar-refractivity contribution in [3.63, 3.8) is 0 Å². The molecule has 0 saturated carbocycles. The van der Waals surface area contributed by atoms with Crippen LogP contribution in [-0.2, 0) is 13.1 Å². The van der Waals surface area contributed by atoms with Crippen molar-refractivity contribution >= 4 is 16.8 Å². The number of amides is 1. The SMILES string of the molecule is O=C(c1cnc2ccccc2c1)N(Cc1ccccc1)Cc1c[nH]c(=O)[nH]c1=O. The summed E-state index contributed by atoms with van der Waals surface area (Å²) in [6.07, 6.45) is 2.88. The van der Waals surface area contributed by atoms with E-state index in [2.05, 4.69) is 15.0 Å². The number of carbonyl (C=O) groups excluding carboxylic acids is 1. The molecular weight excluding hydrogens is 368 g/mol. The summed E-state index contributed by atoms with van der Waals surface area (Å²) in [7, 11) is 0. The molecule has 0 spiro atoms. The van der Waals surface area contributed by atoms with Gasteiger partial charge < -0.3 is 9.88 Å². The molecule has 0 bridgehead atoms. The van der Waals surface area contributed by atoms with Crippen LogP contribution in [-0.4, -0.2) is 25.8 Å². The normalized spacial score (nSPS) is 10.8. The highest BCUT2D eigenvalue weighted by atomic mass is 16.2. The van der Waals surface area contributed by atoms with E-state index in [1.807, 2.05) is 54.6 Å². The zero-order valence-corrected chi connectivity index (χ0v) is 15.5. The second-order valence-corrected chi connectivity index (χ2v) is 6.66. The van der Waals surface area contributed by atoms with Crippen LogP contribution in [0.2, 0.25) is 0 Å². The lowest BCUT2D eigenvalue weighted by atomic mass is 10.1. The molecule has 4 aromatic rings. The molecule has 0 aliphatic rings. The summed E-state index contributed by atoms with van der Waals surface area (Å²) in [5.41, 5.74) is 1.35. The van der Waals surface area contributed by atoms with E-state index < -0.39 is 11.2 Å². The molecule has 0 radical (unpaired) electrons. The van der Waals surface area contributed by atoms with Crippen molar-refractivity contribution in [3.05, 3.63) is 111 Å². The first-order chi connectivity index (χ1) is 14.1. The predicted molar refractivity (Wildman–Crippen MR) is 109 cm³/mol. The summed E-state index contributed by atoms with van der Waals surface area (Å²) in [4.78, 5) is 47.3. The maximum atomic E-state index is 13.3. The number of rotatable bonds is 5. The summed E-state index contributed by atoms with van der Waals surface area (Å²) >= 11 is 0. The van der Waals surface area contributed by atoms with Gasteiger partial charge in [-0.05, 0) is 17.7 Å². The number of hydrogen-bond acceptors (Lipinski definition) is 4. The molecule has 0 fully saturated rings. The quantitative estimate of drug-likeness (QED) is 0.550. The number of fused-ring (bicyclic) bond motifs is 1. The Labute approximate surface area is 165 Å². The highest BCUT2D eigenvalue weighted by molar-refractivity contribution is 5.97. The van der Waals surface area contributed by atoms with Gasteiger partial charge in [-0.3, -0.25) is 19.6 Å². The molecule has 2 aromatic heterocycles. The van der Waals surface area contributed by atoms with Gasteiger partial charge in [0, 0.05) is 24.3 Å². The van der Waals surface area contributed by atoms with Crippen LogP contribution in [0.5, 0.6) is 0 Å². The van der Waals surface area contributed by atoms with Crippen molar-refractivity contribution in [2.45, 2.75) is 13.1 Å². The average molecular weight is 386 g/mol. The van der Waals surface area contributed by atoms with E-state index in [9.17, 15) is 14.4 Å². The Balaban J connectivity index is 1.70. The summed E-state index contributed by atoms with van der Waals surface area (Å²) in [6.45, 7) is 0.359. The van der Waals surface area contributed by atoms with Crippen LogP contribution < -0.4 is 11.2 Å². The molecule has 2 aromatic carbocycles. The predicted octanol–water partition coefficient (Wildman–Crippen LogP) is 2.45. The minimum atomic E-state index is -0.585. The van der Waals surface area contributed by atoms with Crippen LogP contribution in [0.3, 0.4) is 0 Å². The number of para-hydroxylation sites is 1. The molecule has 7 nitrogen and oxygen atoms in total. The van der Waals surface area contributed by atoms with Crippen LogP contribution in [0, 0.1) is 0 Å². The minimum Gasteiger partial charge on any atom is -0.330 e. The molecule has 2 heterocycles. The Morgan fingerprint density at radius 2 is 1.72 bits per heavy atom. The molecule has 7 heteroatoms. The monoisotopic (exact) mass is 386 g/mol. The fraction of sp³-hybridized carbons (Fsp3) is 0.0909. The fourth-order valence-corrected chi connectivity index (χ4v) is 3.13. The lowest BCUT2D eigenvalue weighted by Crippen LogP contribution is -2.34. The molecule has 4 rings (SSSR count). The number of aromatic nitrogens is 3. The third-order valence-corrected chi connectivity index (χ3v) is 4.60. The molecule has 2 N–H and O–H groups in total. The molecule has 29 heavy (non-hydrogen) atoms. The van der Waals surface area contributed by atoms with Gasteiger partial charge in [-0.25, -0.2) is 4.79 Å². The van der Waals surface area contributed by atoms with Gasteiger partial charge in [-0.15, -0.1) is 0 Å². The van der Waals surface area contributed by atoms with Crippen molar-refractivity contribution in [3.8, 4) is 0 Å². The van der Waals surface area contributed by atoms with E-state index in [4.69, 9.17) is 0 Å². The van der Waals surface area contributed by atoms with Crippen LogP contribution >= 0.6 is 0 Å². The van der Waals surface area contributed by atoms with Crippen LogP contribution in [0.25, 0.3) is 10.9 Å². The van der Waals surface area contributed by atoms with Crippen molar-refractivity contribution in [2.75, 3.05) is 0 Å². The Morgan fingerprint density at radius 1 is 0.966 bits per heavy atom. The van der Waals surface area contributed by atoms with Gasteiger partial charge in [0.05, 0.1) is 23.2 Å². The van der Waals surface area contributed by atoms with Gasteiger partial charge >= 0.3 is 5.69 Å². The largest absolute Gasteiger partial charge is 0.330 e. The maximum absolute atomic E-state index is 13.3. The lowest BCUT2D eigenvalue weighted by Gasteiger charge is -2.23. The van der Waals surface area contributed by atoms with Gasteiger partial charge in [-0.2, -0.15) is 0 Å². The molecule has 0 atom stereocenters. The van der Waals surface area contributed by atoms with E-state index in [1.165, 1.54) is 6.20 Å². The molecule has 144 valence electrons. The maximum Gasteiger partial charge on any atom is 0.325 e. The van der Waals surface area contributed by atoms with Crippen LogP contribution in [0.1, 0.15) is 21.5 Å². The van der Waals surface area contributed by atoms with E-state index in [1.54, 1.807) is 17.2 Å². The van der Waals surface area contributed by atoms with E-state index >= 15 is 0 Å². The minimum absolute atomic E-state index is 0.0483. The number of carbonyl (C=O) groups is 1. The Morgan fingerprint density at radius 3 is 2.52 bits per heavy atom. The molecule has 0 aliphatic heterocycles. The van der Waals surface area contributed by atoms with Gasteiger partial charge in [0.1, 0.15) is 0 Å². The van der Waals surface area contributed by atoms with Crippen molar-refractivity contribution < 1.29 is 4.79 Å². The smallest absolute Gasteiger partial charge is 0.325 e. The molecular formula is C22H18N4O3. The van der Waals surface area contributed by atoms with Crippen molar-refractivity contribution in [1.29, 1.82) is 0 Å². The highest BCUT2D eigenvalue weighted by Crippen LogP contribution is 2.17. The standard InChI is InChI=1S/C22H18N4O3/c27-20-18(12-24-22(29)25-20)14-26(13-15-6-2-1-3-7-15)21(28)17-10-16-8-4-5-9-19(16)23-11-17/h1-12H,13-14H2,(H2,24,25,27,29). The molecule has 0 aliphatic carbocycles. The van der Waals surface area contributed by atoms with Gasteiger partial charge in [0.2, 0.25) is 0 Å². The lowest BCUT2D eigenvalue weighted by molar-refractivity contribution is 0.0729. The van der Waals surface area contributed by atoms with Gasteiger partial charge in [0.15, 0.2) is 0 Å². The van der Waals surface area contributed by atoms with Crippen LogP contribution in [0.15, 0.2) is 82.6 Å². The van der Waals surface area contributed by atoms with Crippen LogP contribution in [0.4, 0.5) is 0 Å². The second-order valence-electron chi connectivity index (χ2n) is 6.66. The Hall–Kier alpha value is -4.00. The van der Waals surface area contributed by atoms with E-state index in [0.29, 0.717) is 17.7 Å². The molecule has 1 amide bonds. The number of nitrogens with zero attached hydrogens (tertiary/aromatic N) is 2. The van der Waals surface area contributed by atoms with E-state index in [-0.39, 0.29) is 12.5 Å². The molecule has 0 saturated heterocycles. The first kappa shape index (κ1) is 18.4. The number of benzene rings is 2. The zero-order valence-electron chi connectivity index (χ0n) is 15.5. The Bertz CT molecular complexity index is 1280. The summed E-state index contributed by atoms with van der Waals surface area (Å²) in [5, 5.41) is 0.861. The topological polar surface area (TPSA) is 98.9 Å². The van der Waals surface area contributed by atoms with Gasteiger partial charge in [-0.1, -0.05) is 48.5 Å². The number of pyridine rings is 1. The van der Waals surface area contributed by atoms with Gasteiger partial charge in [0.25, 0.3) is 11.5 Å². The number of aromatic amines is 2. The summed E-state index contributed by atoms with van der Waals surface area (Å²) in [5.74, 6) is -0.252. The third-order valence-electron chi connectivity index (χ3n) is 4.60. The van der Waals surface area contributed by atoms with Crippen molar-refractivity contribution in [2.24, 2.45) is 0 Å². The zero-order chi connectivity index (χ0) is 20.2. The molecule has 0 unspecified atom stereocenters. The first-order valence-electron chi connectivity index (χ1n) is 9.09. The average Bonchev–Trinajstić information content (AvgIpc) is 2.75. The number of hydrogen-bond donors (Lipinski definition) is 2.